The predicted molar refractivity (Wildman–Crippen MR) is 105 cm³/mol. The second-order valence-corrected chi connectivity index (χ2v) is 6.36. The van der Waals surface area contributed by atoms with E-state index in [2.05, 4.69) is 10.3 Å². The molecule has 27 heavy (non-hydrogen) atoms. The number of aromatic nitrogens is 1. The molecule has 0 aliphatic carbocycles. The molecule has 0 saturated carbocycles. The van der Waals surface area contributed by atoms with E-state index >= 15 is 0 Å². The van der Waals surface area contributed by atoms with Crippen LogP contribution in [0.4, 0.5) is 0 Å². The molecule has 0 unspecified atom stereocenters. The zero-order valence-electron chi connectivity index (χ0n) is 14.8. The molecule has 0 aliphatic heterocycles. The van der Waals surface area contributed by atoms with Crippen LogP contribution in [0, 0.1) is 0 Å². The number of carbonyl (C=O) groups excluding carboxylic acids is 1. The lowest BCUT2D eigenvalue weighted by Gasteiger charge is -2.08. The van der Waals surface area contributed by atoms with Crippen molar-refractivity contribution >= 4 is 28.4 Å². The van der Waals surface area contributed by atoms with E-state index in [4.69, 9.17) is 21.1 Å². The van der Waals surface area contributed by atoms with Crippen LogP contribution in [0.3, 0.4) is 0 Å². The second-order valence-electron chi connectivity index (χ2n) is 5.92. The maximum Gasteiger partial charge on any atom is 0.257 e. The average Bonchev–Trinajstić information content (AvgIpc) is 2.67. The summed E-state index contributed by atoms with van der Waals surface area (Å²) in [6, 6.07) is 14.0. The van der Waals surface area contributed by atoms with Gasteiger partial charge in [0.25, 0.3) is 11.5 Å². The SMILES string of the molecule is COc1ccc2[nH]c(=O)c(CCNC(=O)COc3ccc(Cl)cc3)cc2c1. The molecule has 0 spiro atoms. The number of amides is 1. The highest BCUT2D eigenvalue weighted by molar-refractivity contribution is 6.30. The number of hydrogen-bond donors (Lipinski definition) is 2. The number of pyridine rings is 1. The quantitative estimate of drug-likeness (QED) is 0.654. The number of carbonyl (C=O) groups is 1. The van der Waals surface area contributed by atoms with Gasteiger partial charge in [0.15, 0.2) is 6.61 Å². The molecule has 0 aliphatic rings. The summed E-state index contributed by atoms with van der Waals surface area (Å²) in [5, 5.41) is 4.22. The Hall–Kier alpha value is -2.99. The molecule has 0 bridgehead atoms. The smallest absolute Gasteiger partial charge is 0.257 e. The van der Waals surface area contributed by atoms with Gasteiger partial charge >= 0.3 is 0 Å². The lowest BCUT2D eigenvalue weighted by molar-refractivity contribution is -0.123. The summed E-state index contributed by atoms with van der Waals surface area (Å²) in [6.07, 6.45) is 0.412. The Balaban J connectivity index is 1.54. The molecule has 2 aromatic carbocycles. The summed E-state index contributed by atoms with van der Waals surface area (Å²) in [5.41, 5.74) is 1.17. The van der Waals surface area contributed by atoms with Crippen molar-refractivity contribution in [3.05, 3.63) is 69.5 Å². The fourth-order valence-corrected chi connectivity index (χ4v) is 2.74. The number of halogens is 1. The standard InChI is InChI=1S/C20H19ClN2O4/c1-26-17-6-7-18-14(11-17)10-13(20(25)23-18)8-9-22-19(24)12-27-16-4-2-15(21)3-5-16/h2-7,10-11H,8-9,12H2,1H3,(H,22,24)(H,23,25). The highest BCUT2D eigenvalue weighted by atomic mass is 35.5. The molecule has 1 amide bonds. The summed E-state index contributed by atoms with van der Waals surface area (Å²) < 4.78 is 10.6. The molecule has 1 aromatic heterocycles. The highest BCUT2D eigenvalue weighted by Gasteiger charge is 2.07. The molecule has 1 heterocycles. The minimum absolute atomic E-state index is 0.104. The van der Waals surface area contributed by atoms with Gasteiger partial charge in [-0.1, -0.05) is 11.6 Å². The van der Waals surface area contributed by atoms with Crippen LogP contribution in [-0.2, 0) is 11.2 Å². The van der Waals surface area contributed by atoms with Crippen LogP contribution in [-0.4, -0.2) is 31.2 Å². The van der Waals surface area contributed by atoms with E-state index in [0.29, 0.717) is 35.1 Å². The van der Waals surface area contributed by atoms with Crippen molar-refractivity contribution in [3.63, 3.8) is 0 Å². The topological polar surface area (TPSA) is 80.4 Å². The molecule has 0 atom stereocenters. The van der Waals surface area contributed by atoms with E-state index in [1.165, 1.54) is 0 Å². The van der Waals surface area contributed by atoms with Crippen molar-refractivity contribution in [1.29, 1.82) is 0 Å². The van der Waals surface area contributed by atoms with Gasteiger partial charge in [0.05, 0.1) is 7.11 Å². The minimum Gasteiger partial charge on any atom is -0.497 e. The third-order valence-electron chi connectivity index (χ3n) is 4.03. The van der Waals surface area contributed by atoms with Gasteiger partial charge in [-0.2, -0.15) is 0 Å². The zero-order chi connectivity index (χ0) is 19.2. The van der Waals surface area contributed by atoms with Crippen LogP contribution >= 0.6 is 11.6 Å². The van der Waals surface area contributed by atoms with Crippen LogP contribution in [0.25, 0.3) is 10.9 Å². The number of aromatic amines is 1. The number of hydrogen-bond acceptors (Lipinski definition) is 4. The maximum absolute atomic E-state index is 12.2. The van der Waals surface area contributed by atoms with Crippen LogP contribution in [0.15, 0.2) is 53.3 Å². The fraction of sp³-hybridized carbons (Fsp3) is 0.200. The Morgan fingerprint density at radius 3 is 2.59 bits per heavy atom. The second kappa shape index (κ2) is 8.60. The van der Waals surface area contributed by atoms with Crippen molar-refractivity contribution in [2.75, 3.05) is 20.3 Å². The lowest BCUT2D eigenvalue weighted by atomic mass is 10.1. The Kier molecular flexibility index (Phi) is 5.98. The van der Waals surface area contributed by atoms with Crippen LogP contribution in [0.5, 0.6) is 11.5 Å². The number of ether oxygens (including phenoxy) is 2. The van der Waals surface area contributed by atoms with Crippen LogP contribution in [0.1, 0.15) is 5.56 Å². The lowest BCUT2D eigenvalue weighted by Crippen LogP contribution is -2.31. The molecule has 3 aromatic rings. The van der Waals surface area contributed by atoms with Gasteiger partial charge in [-0.05, 0) is 55.0 Å². The van der Waals surface area contributed by atoms with E-state index in [1.54, 1.807) is 43.5 Å². The highest BCUT2D eigenvalue weighted by Crippen LogP contribution is 2.19. The summed E-state index contributed by atoms with van der Waals surface area (Å²) in [6.45, 7) is 0.230. The number of H-pyrrole nitrogens is 1. The average molecular weight is 387 g/mol. The summed E-state index contributed by atoms with van der Waals surface area (Å²) >= 11 is 5.80. The van der Waals surface area contributed by atoms with Crippen LogP contribution < -0.4 is 20.3 Å². The number of fused-ring (bicyclic) bond motifs is 1. The first-order chi connectivity index (χ1) is 13.0. The van der Waals surface area contributed by atoms with Gasteiger partial charge in [0, 0.05) is 28.0 Å². The Labute approximate surface area is 161 Å². The van der Waals surface area contributed by atoms with Crippen molar-refractivity contribution in [2.24, 2.45) is 0 Å². The molecular formula is C20H19ClN2O4. The molecular weight excluding hydrogens is 368 g/mol. The molecule has 0 radical (unpaired) electrons. The molecule has 2 N–H and O–H groups in total. The molecule has 3 rings (SSSR count). The van der Waals surface area contributed by atoms with Gasteiger partial charge in [-0.15, -0.1) is 0 Å². The molecule has 6 nitrogen and oxygen atoms in total. The third kappa shape index (κ3) is 5.01. The number of benzene rings is 2. The van der Waals surface area contributed by atoms with E-state index < -0.39 is 0 Å². The molecule has 0 fully saturated rings. The maximum atomic E-state index is 12.2. The largest absolute Gasteiger partial charge is 0.497 e. The summed E-state index contributed by atoms with van der Waals surface area (Å²) in [5.74, 6) is 1.02. The number of nitrogens with one attached hydrogen (secondary N) is 2. The first kappa shape index (κ1) is 18.8. The van der Waals surface area contributed by atoms with Crippen molar-refractivity contribution in [2.45, 2.75) is 6.42 Å². The molecule has 140 valence electrons. The van der Waals surface area contributed by atoms with Gasteiger partial charge in [-0.3, -0.25) is 9.59 Å². The monoisotopic (exact) mass is 386 g/mol. The zero-order valence-corrected chi connectivity index (χ0v) is 15.5. The van der Waals surface area contributed by atoms with Gasteiger partial charge in [-0.25, -0.2) is 0 Å². The van der Waals surface area contributed by atoms with E-state index in [9.17, 15) is 9.59 Å². The third-order valence-corrected chi connectivity index (χ3v) is 4.28. The van der Waals surface area contributed by atoms with E-state index in [1.807, 2.05) is 12.1 Å². The minimum atomic E-state index is -0.260. The van der Waals surface area contributed by atoms with Gasteiger partial charge < -0.3 is 19.8 Å². The fourth-order valence-electron chi connectivity index (χ4n) is 2.61. The first-order valence-corrected chi connectivity index (χ1v) is 8.78. The van der Waals surface area contributed by atoms with Crippen molar-refractivity contribution < 1.29 is 14.3 Å². The van der Waals surface area contributed by atoms with Gasteiger partial charge in [0.1, 0.15) is 11.5 Å². The summed E-state index contributed by atoms with van der Waals surface area (Å²) in [4.78, 5) is 26.9. The molecule has 7 heteroatoms. The van der Waals surface area contributed by atoms with Crippen LogP contribution in [0.2, 0.25) is 5.02 Å². The van der Waals surface area contributed by atoms with E-state index in [-0.39, 0.29) is 18.1 Å². The Bertz CT molecular complexity index is 999. The normalized spacial score (nSPS) is 10.6. The van der Waals surface area contributed by atoms with Crippen molar-refractivity contribution in [1.82, 2.24) is 10.3 Å². The summed E-state index contributed by atoms with van der Waals surface area (Å²) in [7, 11) is 1.59. The molecule has 0 saturated heterocycles. The Morgan fingerprint density at radius 1 is 1.11 bits per heavy atom. The number of methoxy groups -OCH3 is 1. The van der Waals surface area contributed by atoms with E-state index in [0.717, 1.165) is 10.9 Å². The predicted octanol–water partition coefficient (Wildman–Crippen LogP) is 2.93. The Morgan fingerprint density at radius 2 is 1.85 bits per heavy atom. The first-order valence-electron chi connectivity index (χ1n) is 8.40. The van der Waals surface area contributed by atoms with Crippen molar-refractivity contribution in [3.8, 4) is 11.5 Å². The van der Waals surface area contributed by atoms with Gasteiger partial charge in [0.2, 0.25) is 0 Å². The number of rotatable bonds is 7.